The van der Waals surface area contributed by atoms with Gasteiger partial charge in [-0.2, -0.15) is 13.2 Å². The minimum atomic E-state index is -4.48. The number of carbonyl (C=O) groups excluding carboxylic acids is 1. The van der Waals surface area contributed by atoms with Crippen LogP contribution in [-0.2, 0) is 6.18 Å². The van der Waals surface area contributed by atoms with Gasteiger partial charge in [-0.25, -0.2) is 0 Å². The average Bonchev–Trinajstić information content (AvgIpc) is 2.36. The first kappa shape index (κ1) is 17.0. The first-order chi connectivity index (χ1) is 9.16. The standard InChI is InChI=1S/C14H17BrF3NO/c1-4-9(2)8-19(3)13(20)10-5-6-12(15)11(7-10)14(16,17)18/h5-7,9H,4,8H2,1-3H3. The molecule has 0 aliphatic carbocycles. The van der Waals surface area contributed by atoms with E-state index in [1.807, 2.05) is 13.8 Å². The van der Waals surface area contributed by atoms with Crippen molar-refractivity contribution in [2.45, 2.75) is 26.4 Å². The molecule has 1 rings (SSSR count). The number of alkyl halides is 3. The molecule has 1 aromatic rings. The maximum atomic E-state index is 12.8. The summed E-state index contributed by atoms with van der Waals surface area (Å²) in [6.07, 6.45) is -3.57. The molecule has 6 heteroatoms. The molecular formula is C14H17BrF3NO. The molecule has 0 aliphatic heterocycles. The van der Waals surface area contributed by atoms with E-state index in [0.29, 0.717) is 12.5 Å². The molecule has 1 aromatic carbocycles. The zero-order valence-electron chi connectivity index (χ0n) is 11.6. The molecule has 0 spiro atoms. The molecule has 0 fully saturated rings. The number of amides is 1. The number of benzene rings is 1. The van der Waals surface area contributed by atoms with Crippen LogP contribution in [-0.4, -0.2) is 24.4 Å². The summed E-state index contributed by atoms with van der Waals surface area (Å²) in [5.74, 6) is -0.0928. The Hall–Kier alpha value is -1.04. The van der Waals surface area contributed by atoms with E-state index < -0.39 is 17.6 Å². The SMILES string of the molecule is CCC(C)CN(C)C(=O)c1ccc(Br)c(C(F)(F)F)c1. The van der Waals surface area contributed by atoms with Gasteiger partial charge in [-0.3, -0.25) is 4.79 Å². The van der Waals surface area contributed by atoms with E-state index in [0.717, 1.165) is 12.5 Å². The molecule has 0 bridgehead atoms. The summed E-state index contributed by atoms with van der Waals surface area (Å²) < 4.78 is 38.3. The van der Waals surface area contributed by atoms with Gasteiger partial charge in [0.2, 0.25) is 0 Å². The van der Waals surface area contributed by atoms with E-state index in [2.05, 4.69) is 15.9 Å². The molecule has 1 atom stereocenters. The van der Waals surface area contributed by atoms with Crippen molar-refractivity contribution in [1.29, 1.82) is 0 Å². The Morgan fingerprint density at radius 3 is 2.50 bits per heavy atom. The van der Waals surface area contributed by atoms with Crippen LogP contribution in [0.3, 0.4) is 0 Å². The van der Waals surface area contributed by atoms with Gasteiger partial charge in [-0.1, -0.05) is 36.2 Å². The molecule has 0 aromatic heterocycles. The predicted molar refractivity (Wildman–Crippen MR) is 75.6 cm³/mol. The van der Waals surface area contributed by atoms with Crippen molar-refractivity contribution in [3.05, 3.63) is 33.8 Å². The molecule has 0 N–H and O–H groups in total. The van der Waals surface area contributed by atoms with Crippen molar-refractivity contribution >= 4 is 21.8 Å². The number of rotatable bonds is 4. The first-order valence-corrected chi connectivity index (χ1v) is 7.08. The molecule has 0 saturated heterocycles. The highest BCUT2D eigenvalue weighted by molar-refractivity contribution is 9.10. The fraction of sp³-hybridized carbons (Fsp3) is 0.500. The predicted octanol–water partition coefficient (Wildman–Crippen LogP) is 4.59. The normalized spacial score (nSPS) is 13.2. The molecule has 20 heavy (non-hydrogen) atoms. The minimum Gasteiger partial charge on any atom is -0.341 e. The molecule has 0 radical (unpaired) electrons. The quantitative estimate of drug-likeness (QED) is 0.776. The summed E-state index contributed by atoms with van der Waals surface area (Å²) in [6.45, 7) is 4.52. The number of carbonyl (C=O) groups is 1. The van der Waals surface area contributed by atoms with E-state index in [9.17, 15) is 18.0 Å². The Morgan fingerprint density at radius 2 is 2.00 bits per heavy atom. The lowest BCUT2D eigenvalue weighted by atomic mass is 10.1. The van der Waals surface area contributed by atoms with Crippen molar-refractivity contribution in [2.75, 3.05) is 13.6 Å². The van der Waals surface area contributed by atoms with E-state index in [-0.39, 0.29) is 10.0 Å². The molecule has 2 nitrogen and oxygen atoms in total. The fourth-order valence-corrected chi connectivity index (χ4v) is 2.25. The van der Waals surface area contributed by atoms with E-state index in [4.69, 9.17) is 0 Å². The summed E-state index contributed by atoms with van der Waals surface area (Å²) in [4.78, 5) is 13.6. The molecule has 0 aliphatic rings. The maximum Gasteiger partial charge on any atom is 0.417 e. The third-order valence-electron chi connectivity index (χ3n) is 3.15. The van der Waals surface area contributed by atoms with Crippen molar-refractivity contribution in [2.24, 2.45) is 5.92 Å². The Kier molecular flexibility index (Phi) is 5.62. The number of nitrogens with zero attached hydrogens (tertiary/aromatic N) is 1. The Labute approximate surface area is 125 Å². The summed E-state index contributed by atoms with van der Waals surface area (Å²) in [5.41, 5.74) is -0.786. The zero-order valence-corrected chi connectivity index (χ0v) is 13.2. The van der Waals surface area contributed by atoms with Gasteiger partial charge < -0.3 is 4.90 Å². The van der Waals surface area contributed by atoms with Gasteiger partial charge in [-0.05, 0) is 24.1 Å². The number of halogens is 4. The highest BCUT2D eigenvalue weighted by Crippen LogP contribution is 2.35. The smallest absolute Gasteiger partial charge is 0.341 e. The van der Waals surface area contributed by atoms with Gasteiger partial charge in [0.15, 0.2) is 0 Å². The molecular weight excluding hydrogens is 335 g/mol. The third-order valence-corrected chi connectivity index (χ3v) is 3.84. The van der Waals surface area contributed by atoms with Crippen LogP contribution in [0.1, 0.15) is 36.2 Å². The average molecular weight is 352 g/mol. The second-order valence-corrected chi connectivity index (χ2v) is 5.75. The summed E-state index contributed by atoms with van der Waals surface area (Å²) >= 11 is 2.86. The highest BCUT2D eigenvalue weighted by Gasteiger charge is 2.33. The van der Waals surface area contributed by atoms with Crippen molar-refractivity contribution in [3.63, 3.8) is 0 Å². The van der Waals surface area contributed by atoms with Crippen LogP contribution in [0.25, 0.3) is 0 Å². The van der Waals surface area contributed by atoms with Gasteiger partial charge in [-0.15, -0.1) is 0 Å². The Bertz CT molecular complexity index is 488. The molecule has 0 saturated carbocycles. The monoisotopic (exact) mass is 351 g/mol. The molecule has 1 amide bonds. The van der Waals surface area contributed by atoms with Gasteiger partial charge in [0, 0.05) is 23.6 Å². The lowest BCUT2D eigenvalue weighted by Crippen LogP contribution is -2.31. The van der Waals surface area contributed by atoms with E-state index >= 15 is 0 Å². The van der Waals surface area contributed by atoms with Crippen LogP contribution in [0.5, 0.6) is 0 Å². The van der Waals surface area contributed by atoms with Crippen LogP contribution in [0.4, 0.5) is 13.2 Å². The van der Waals surface area contributed by atoms with Crippen molar-refractivity contribution in [3.8, 4) is 0 Å². The fourth-order valence-electron chi connectivity index (χ4n) is 1.78. The summed E-state index contributed by atoms with van der Waals surface area (Å²) in [7, 11) is 1.60. The van der Waals surface area contributed by atoms with Gasteiger partial charge in [0.25, 0.3) is 5.91 Å². The van der Waals surface area contributed by atoms with Crippen molar-refractivity contribution in [1.82, 2.24) is 4.90 Å². The first-order valence-electron chi connectivity index (χ1n) is 6.29. The largest absolute Gasteiger partial charge is 0.417 e. The van der Waals surface area contributed by atoms with Crippen LogP contribution >= 0.6 is 15.9 Å². The van der Waals surface area contributed by atoms with E-state index in [1.165, 1.54) is 17.0 Å². The molecule has 112 valence electrons. The summed E-state index contributed by atoms with van der Waals surface area (Å²) in [6, 6.07) is 3.54. The second-order valence-electron chi connectivity index (χ2n) is 4.89. The summed E-state index contributed by atoms with van der Waals surface area (Å²) in [5, 5.41) is 0. The molecule has 1 unspecified atom stereocenters. The lowest BCUT2D eigenvalue weighted by molar-refractivity contribution is -0.138. The molecule has 0 heterocycles. The van der Waals surface area contributed by atoms with Gasteiger partial charge >= 0.3 is 6.18 Å². The zero-order chi connectivity index (χ0) is 15.5. The van der Waals surface area contributed by atoms with Crippen LogP contribution < -0.4 is 0 Å². The van der Waals surface area contributed by atoms with Gasteiger partial charge in [0.1, 0.15) is 0 Å². The van der Waals surface area contributed by atoms with Gasteiger partial charge in [0.05, 0.1) is 5.56 Å². The van der Waals surface area contributed by atoms with Crippen LogP contribution in [0, 0.1) is 5.92 Å². The third kappa shape index (κ3) is 4.23. The highest BCUT2D eigenvalue weighted by atomic mass is 79.9. The topological polar surface area (TPSA) is 20.3 Å². The number of hydrogen-bond donors (Lipinski definition) is 0. The number of hydrogen-bond acceptors (Lipinski definition) is 1. The van der Waals surface area contributed by atoms with Crippen molar-refractivity contribution < 1.29 is 18.0 Å². The Balaban J connectivity index is 3.00. The lowest BCUT2D eigenvalue weighted by Gasteiger charge is -2.21. The Morgan fingerprint density at radius 1 is 1.40 bits per heavy atom. The maximum absolute atomic E-state index is 12.8. The van der Waals surface area contributed by atoms with Crippen LogP contribution in [0.15, 0.2) is 22.7 Å². The van der Waals surface area contributed by atoms with E-state index in [1.54, 1.807) is 7.05 Å². The second kappa shape index (κ2) is 6.61. The van der Waals surface area contributed by atoms with Crippen LogP contribution in [0.2, 0.25) is 0 Å². The minimum absolute atomic E-state index is 0.0475.